The Labute approximate surface area is 291 Å². The molecule has 0 saturated heterocycles. The second-order valence-corrected chi connectivity index (χ2v) is 12.9. The van der Waals surface area contributed by atoms with Crippen molar-refractivity contribution in [1.29, 1.82) is 0 Å². The minimum absolute atomic E-state index is 1.20. The van der Waals surface area contributed by atoms with Crippen molar-refractivity contribution in [2.24, 2.45) is 0 Å². The Kier molecular flexibility index (Phi) is 6.53. The molecule has 2 aromatic heterocycles. The number of hydrogen-bond donors (Lipinski definition) is 0. The largest absolute Gasteiger partial charge is 0.308 e. The van der Waals surface area contributed by atoms with Crippen LogP contribution in [0.5, 0.6) is 0 Å². The fourth-order valence-corrected chi connectivity index (χ4v) is 8.03. The van der Waals surface area contributed by atoms with Crippen LogP contribution in [0.4, 0.5) is 0 Å². The average Bonchev–Trinajstić information content (AvgIpc) is 3.73. The lowest BCUT2D eigenvalue weighted by Crippen LogP contribution is -2.03. The summed E-state index contributed by atoms with van der Waals surface area (Å²) in [6.07, 6.45) is 0. The monoisotopic (exact) mass is 636 g/mol. The standard InChI is InChI=1S/C48H32N2/c1-5-17-33(18-6-1)37-25-13-26-38(34-19-7-2-8-20-34)47(37)49-41-29-15-31-43-45(41)46-42(49)30-16-32-44(46)50(43)48-39(35-21-9-3-10-22-35)27-14-28-40(48)36-23-11-4-12-24-36/h1-32H. The Bertz CT molecular complexity index is 2410. The molecule has 0 aliphatic carbocycles. The van der Waals surface area contributed by atoms with Gasteiger partial charge >= 0.3 is 0 Å². The van der Waals surface area contributed by atoms with Crippen LogP contribution in [0.3, 0.4) is 0 Å². The zero-order valence-electron chi connectivity index (χ0n) is 27.4. The predicted octanol–water partition coefficient (Wildman–Crippen LogP) is 12.8. The van der Waals surface area contributed by atoms with Crippen LogP contribution in [0.2, 0.25) is 0 Å². The lowest BCUT2D eigenvalue weighted by Gasteiger charge is -2.21. The molecule has 10 aromatic rings. The Morgan fingerprint density at radius 2 is 0.460 bits per heavy atom. The fraction of sp³-hybridized carbons (Fsp3) is 0. The maximum absolute atomic E-state index is 2.51. The van der Waals surface area contributed by atoms with Gasteiger partial charge in [0.25, 0.3) is 0 Å². The minimum Gasteiger partial charge on any atom is -0.308 e. The molecule has 2 heteroatoms. The van der Waals surface area contributed by atoms with E-state index in [1.807, 2.05) is 0 Å². The number of para-hydroxylation sites is 2. The van der Waals surface area contributed by atoms with Crippen molar-refractivity contribution < 1.29 is 0 Å². The third-order valence-corrected chi connectivity index (χ3v) is 10.1. The summed E-state index contributed by atoms with van der Waals surface area (Å²) in [5.74, 6) is 0. The highest BCUT2D eigenvalue weighted by Gasteiger charge is 2.27. The molecule has 0 fully saturated rings. The van der Waals surface area contributed by atoms with Crippen molar-refractivity contribution in [2.45, 2.75) is 0 Å². The summed E-state index contributed by atoms with van der Waals surface area (Å²) in [6.45, 7) is 0. The first-order valence-corrected chi connectivity index (χ1v) is 17.2. The molecule has 0 N–H and O–H groups in total. The Hall–Kier alpha value is -6.64. The molecule has 0 aliphatic rings. The van der Waals surface area contributed by atoms with Gasteiger partial charge in [-0.05, 0) is 46.5 Å². The molecule has 234 valence electrons. The predicted molar refractivity (Wildman–Crippen MR) is 211 cm³/mol. The van der Waals surface area contributed by atoms with E-state index in [4.69, 9.17) is 0 Å². The summed E-state index contributed by atoms with van der Waals surface area (Å²) < 4.78 is 5.03. The summed E-state index contributed by atoms with van der Waals surface area (Å²) in [7, 11) is 0. The topological polar surface area (TPSA) is 9.86 Å². The Morgan fingerprint density at radius 1 is 0.220 bits per heavy atom. The van der Waals surface area contributed by atoms with Gasteiger partial charge in [0.15, 0.2) is 0 Å². The first-order chi connectivity index (χ1) is 24.9. The van der Waals surface area contributed by atoms with Gasteiger partial charge in [-0.3, -0.25) is 0 Å². The number of aromatic nitrogens is 2. The molecule has 10 rings (SSSR count). The maximum Gasteiger partial charge on any atom is 0.0618 e. The van der Waals surface area contributed by atoms with Crippen molar-refractivity contribution >= 4 is 32.8 Å². The van der Waals surface area contributed by atoms with Crippen LogP contribution in [-0.4, -0.2) is 9.13 Å². The molecular weight excluding hydrogens is 605 g/mol. The number of nitrogens with zero attached hydrogens (tertiary/aromatic N) is 2. The molecule has 0 atom stereocenters. The highest BCUT2D eigenvalue weighted by atomic mass is 15.0. The van der Waals surface area contributed by atoms with E-state index >= 15 is 0 Å². The highest BCUT2D eigenvalue weighted by Crippen LogP contribution is 2.48. The third-order valence-electron chi connectivity index (χ3n) is 10.1. The first kappa shape index (κ1) is 28.4. The summed E-state index contributed by atoms with van der Waals surface area (Å²) in [5.41, 5.74) is 16.8. The van der Waals surface area contributed by atoms with E-state index in [2.05, 4.69) is 203 Å². The van der Waals surface area contributed by atoms with Crippen LogP contribution in [0.15, 0.2) is 194 Å². The Balaban J connectivity index is 1.34. The van der Waals surface area contributed by atoms with Crippen LogP contribution in [0.25, 0.3) is 88.7 Å². The molecule has 0 spiro atoms. The van der Waals surface area contributed by atoms with Gasteiger partial charge in [0.05, 0.1) is 33.4 Å². The molecule has 0 radical (unpaired) electrons. The molecule has 0 saturated carbocycles. The lowest BCUT2D eigenvalue weighted by atomic mass is 9.95. The molecule has 2 nitrogen and oxygen atoms in total. The van der Waals surface area contributed by atoms with Crippen molar-refractivity contribution in [3.8, 4) is 55.9 Å². The van der Waals surface area contributed by atoms with Crippen molar-refractivity contribution in [2.75, 3.05) is 0 Å². The van der Waals surface area contributed by atoms with Gasteiger partial charge in [0.2, 0.25) is 0 Å². The third kappa shape index (κ3) is 4.29. The summed E-state index contributed by atoms with van der Waals surface area (Å²) >= 11 is 0. The van der Waals surface area contributed by atoms with E-state index in [9.17, 15) is 0 Å². The van der Waals surface area contributed by atoms with Crippen molar-refractivity contribution in [1.82, 2.24) is 9.13 Å². The normalized spacial score (nSPS) is 11.6. The molecule has 0 amide bonds. The second kappa shape index (κ2) is 11.5. The van der Waals surface area contributed by atoms with Gasteiger partial charge in [-0.2, -0.15) is 0 Å². The van der Waals surface area contributed by atoms with Gasteiger partial charge in [-0.15, -0.1) is 0 Å². The van der Waals surface area contributed by atoms with Gasteiger partial charge in [0.1, 0.15) is 0 Å². The lowest BCUT2D eigenvalue weighted by molar-refractivity contribution is 1.16. The van der Waals surface area contributed by atoms with Gasteiger partial charge in [0, 0.05) is 33.0 Å². The summed E-state index contributed by atoms with van der Waals surface area (Å²) in [6, 6.07) is 70.3. The Morgan fingerprint density at radius 3 is 0.720 bits per heavy atom. The summed E-state index contributed by atoms with van der Waals surface area (Å²) in [4.78, 5) is 0. The van der Waals surface area contributed by atoms with E-state index in [1.54, 1.807) is 0 Å². The van der Waals surface area contributed by atoms with Gasteiger partial charge in [-0.25, -0.2) is 0 Å². The van der Waals surface area contributed by atoms with Crippen LogP contribution in [-0.2, 0) is 0 Å². The smallest absolute Gasteiger partial charge is 0.0618 e. The minimum atomic E-state index is 1.20. The SMILES string of the molecule is c1ccc(-c2cccc(-c3ccccc3)c2-n2c3cccc4c3c3c2cccc3n4-c2c(-c3ccccc3)cccc2-c2ccccc2)cc1. The van der Waals surface area contributed by atoms with Gasteiger partial charge < -0.3 is 9.13 Å². The van der Waals surface area contributed by atoms with Crippen LogP contribution >= 0.6 is 0 Å². The second-order valence-electron chi connectivity index (χ2n) is 12.9. The molecular formula is C48H32N2. The quantitative estimate of drug-likeness (QED) is 0.172. The first-order valence-electron chi connectivity index (χ1n) is 17.2. The molecule has 0 bridgehead atoms. The van der Waals surface area contributed by atoms with E-state index in [1.165, 1.54) is 88.7 Å². The molecule has 50 heavy (non-hydrogen) atoms. The van der Waals surface area contributed by atoms with Crippen LogP contribution in [0.1, 0.15) is 0 Å². The highest BCUT2D eigenvalue weighted by molar-refractivity contribution is 6.26. The number of hydrogen-bond acceptors (Lipinski definition) is 0. The molecule has 0 unspecified atom stereocenters. The van der Waals surface area contributed by atoms with Crippen LogP contribution in [0, 0.1) is 0 Å². The van der Waals surface area contributed by atoms with Crippen LogP contribution < -0.4 is 0 Å². The molecule has 2 heterocycles. The average molecular weight is 637 g/mol. The number of rotatable bonds is 6. The van der Waals surface area contributed by atoms with E-state index < -0.39 is 0 Å². The van der Waals surface area contributed by atoms with E-state index in [-0.39, 0.29) is 0 Å². The summed E-state index contributed by atoms with van der Waals surface area (Å²) in [5, 5.41) is 2.56. The number of benzene rings is 8. The van der Waals surface area contributed by atoms with E-state index in [0.29, 0.717) is 0 Å². The fourth-order valence-electron chi connectivity index (χ4n) is 8.03. The molecule has 0 aliphatic heterocycles. The maximum atomic E-state index is 2.51. The van der Waals surface area contributed by atoms with Crippen molar-refractivity contribution in [3.05, 3.63) is 194 Å². The zero-order chi connectivity index (χ0) is 33.0. The van der Waals surface area contributed by atoms with Gasteiger partial charge in [-0.1, -0.05) is 170 Å². The zero-order valence-corrected chi connectivity index (χ0v) is 27.4. The van der Waals surface area contributed by atoms with E-state index in [0.717, 1.165) is 0 Å². The molecule has 8 aromatic carbocycles. The van der Waals surface area contributed by atoms with Crippen molar-refractivity contribution in [3.63, 3.8) is 0 Å².